The molecule has 2 amide bonds. The second-order valence-electron chi connectivity index (χ2n) is 5.45. The van der Waals surface area contributed by atoms with Gasteiger partial charge < -0.3 is 15.1 Å². The van der Waals surface area contributed by atoms with Crippen molar-refractivity contribution in [2.24, 2.45) is 5.92 Å². The molecule has 1 aromatic heterocycles. The van der Waals surface area contributed by atoms with Crippen molar-refractivity contribution in [3.63, 3.8) is 0 Å². The van der Waals surface area contributed by atoms with E-state index in [-0.39, 0.29) is 23.8 Å². The molecule has 2 N–H and O–H groups in total. The van der Waals surface area contributed by atoms with Crippen molar-refractivity contribution < 1.29 is 9.59 Å². The Labute approximate surface area is 117 Å². The Morgan fingerprint density at radius 2 is 2.35 bits per heavy atom. The zero-order chi connectivity index (χ0) is 14.1. The number of nitrogens with zero attached hydrogens (tertiary/aromatic N) is 3. The highest BCUT2D eigenvalue weighted by molar-refractivity contribution is 6.00. The van der Waals surface area contributed by atoms with Gasteiger partial charge in [0.2, 0.25) is 11.8 Å². The van der Waals surface area contributed by atoms with Crippen LogP contribution in [-0.2, 0) is 9.59 Å². The van der Waals surface area contributed by atoms with E-state index >= 15 is 0 Å². The maximum absolute atomic E-state index is 12.6. The monoisotopic (exact) mass is 277 g/mol. The first-order valence-electron chi connectivity index (χ1n) is 6.97. The van der Waals surface area contributed by atoms with Gasteiger partial charge in [-0.05, 0) is 6.92 Å². The van der Waals surface area contributed by atoms with Crippen LogP contribution in [0.3, 0.4) is 0 Å². The fraction of sp³-hybridized carbons (Fsp3) is 0.615. The van der Waals surface area contributed by atoms with Crippen molar-refractivity contribution in [3.05, 3.63) is 12.4 Å². The highest BCUT2D eigenvalue weighted by Crippen LogP contribution is 2.26. The highest BCUT2D eigenvalue weighted by Gasteiger charge is 2.38. The van der Waals surface area contributed by atoms with Crippen LogP contribution >= 0.6 is 0 Å². The lowest BCUT2D eigenvalue weighted by Gasteiger charge is -2.35. The van der Waals surface area contributed by atoms with Crippen molar-refractivity contribution in [2.45, 2.75) is 19.4 Å². The number of hydrogen-bond donors (Lipinski definition) is 2. The molecule has 3 rings (SSSR count). The second kappa shape index (κ2) is 5.24. The van der Waals surface area contributed by atoms with E-state index in [1.165, 1.54) is 0 Å². The maximum atomic E-state index is 12.6. The Morgan fingerprint density at radius 3 is 3.05 bits per heavy atom. The summed E-state index contributed by atoms with van der Waals surface area (Å²) in [6.07, 6.45) is 3.58. The van der Waals surface area contributed by atoms with Crippen molar-refractivity contribution in [1.82, 2.24) is 20.4 Å². The first-order chi connectivity index (χ1) is 9.66. The molecule has 0 unspecified atom stereocenters. The Balaban J connectivity index is 1.69. The molecule has 2 fully saturated rings. The number of nitrogens with one attached hydrogen (secondary N) is 2. The standard InChI is InChI=1S/C13H19N5O2/c1-9-5-14-2-3-17(9)13(20)10-4-12(19)18(8-10)11-6-15-16-7-11/h6-7,9-10,14H,2-5,8H2,1H3,(H,15,16)/t9-,10-/m0/s1. The molecular formula is C13H19N5O2. The van der Waals surface area contributed by atoms with Gasteiger partial charge in [0.1, 0.15) is 0 Å². The molecule has 0 spiro atoms. The molecule has 0 bridgehead atoms. The van der Waals surface area contributed by atoms with E-state index in [1.54, 1.807) is 17.3 Å². The first-order valence-corrected chi connectivity index (χ1v) is 6.97. The average Bonchev–Trinajstić information content (AvgIpc) is 3.07. The number of rotatable bonds is 2. The lowest BCUT2D eigenvalue weighted by Crippen LogP contribution is -2.54. The van der Waals surface area contributed by atoms with Gasteiger partial charge in [0.05, 0.1) is 17.8 Å². The third-order valence-electron chi connectivity index (χ3n) is 4.05. The Bertz CT molecular complexity index is 501. The molecule has 2 saturated heterocycles. The second-order valence-corrected chi connectivity index (χ2v) is 5.45. The molecule has 1 aromatic rings. The van der Waals surface area contributed by atoms with E-state index < -0.39 is 0 Å². The molecule has 7 heteroatoms. The number of hydrogen-bond acceptors (Lipinski definition) is 4. The molecule has 2 atom stereocenters. The van der Waals surface area contributed by atoms with E-state index in [2.05, 4.69) is 15.5 Å². The fourth-order valence-corrected chi connectivity index (χ4v) is 2.92. The number of aromatic nitrogens is 2. The quantitative estimate of drug-likeness (QED) is 0.769. The maximum Gasteiger partial charge on any atom is 0.228 e. The van der Waals surface area contributed by atoms with Crippen LogP contribution in [0.25, 0.3) is 0 Å². The first kappa shape index (κ1) is 13.1. The van der Waals surface area contributed by atoms with Crippen LogP contribution in [0.1, 0.15) is 13.3 Å². The van der Waals surface area contributed by atoms with Gasteiger partial charge >= 0.3 is 0 Å². The van der Waals surface area contributed by atoms with E-state index in [0.717, 1.165) is 25.3 Å². The van der Waals surface area contributed by atoms with Crippen molar-refractivity contribution in [1.29, 1.82) is 0 Å². The molecule has 2 aliphatic rings. The number of carbonyl (C=O) groups is 2. The number of carbonyl (C=O) groups excluding carboxylic acids is 2. The fourth-order valence-electron chi connectivity index (χ4n) is 2.92. The Morgan fingerprint density at radius 1 is 1.50 bits per heavy atom. The van der Waals surface area contributed by atoms with Gasteiger partial charge in [0.15, 0.2) is 0 Å². The minimum absolute atomic E-state index is 0.00691. The Kier molecular flexibility index (Phi) is 3.43. The number of anilines is 1. The highest BCUT2D eigenvalue weighted by atomic mass is 16.2. The molecular weight excluding hydrogens is 258 g/mol. The average molecular weight is 277 g/mol. The molecule has 20 heavy (non-hydrogen) atoms. The molecule has 0 aromatic carbocycles. The lowest BCUT2D eigenvalue weighted by molar-refractivity contribution is -0.138. The van der Waals surface area contributed by atoms with Crippen molar-refractivity contribution in [3.8, 4) is 0 Å². The summed E-state index contributed by atoms with van der Waals surface area (Å²) in [6, 6.07) is 0.189. The number of H-pyrrole nitrogens is 1. The molecule has 108 valence electrons. The van der Waals surface area contributed by atoms with Gasteiger partial charge in [-0.15, -0.1) is 0 Å². The van der Waals surface area contributed by atoms with E-state index in [9.17, 15) is 9.59 Å². The smallest absolute Gasteiger partial charge is 0.228 e. The van der Waals surface area contributed by atoms with Crippen LogP contribution in [0, 0.1) is 5.92 Å². The van der Waals surface area contributed by atoms with Gasteiger partial charge in [-0.3, -0.25) is 14.7 Å². The predicted octanol–water partition coefficient (Wildman–Crippen LogP) is -0.417. The SMILES string of the molecule is C[C@H]1CNCCN1C(=O)[C@H]1CC(=O)N(c2cn[nH]c2)C1. The van der Waals surface area contributed by atoms with Crippen molar-refractivity contribution >= 4 is 17.5 Å². The van der Waals surface area contributed by atoms with Gasteiger partial charge in [0, 0.05) is 44.8 Å². The molecule has 0 aliphatic carbocycles. The largest absolute Gasteiger partial charge is 0.337 e. The molecule has 0 saturated carbocycles. The van der Waals surface area contributed by atoms with E-state index in [4.69, 9.17) is 0 Å². The number of aromatic amines is 1. The van der Waals surface area contributed by atoms with Crippen LogP contribution in [0.2, 0.25) is 0 Å². The zero-order valence-electron chi connectivity index (χ0n) is 11.5. The van der Waals surface area contributed by atoms with Crippen LogP contribution in [0.5, 0.6) is 0 Å². The van der Waals surface area contributed by atoms with Gasteiger partial charge in [-0.25, -0.2) is 0 Å². The summed E-state index contributed by atoms with van der Waals surface area (Å²) < 4.78 is 0. The molecule has 0 radical (unpaired) electrons. The summed E-state index contributed by atoms with van der Waals surface area (Å²) in [5, 5.41) is 9.81. The topological polar surface area (TPSA) is 81.3 Å². The van der Waals surface area contributed by atoms with Crippen LogP contribution < -0.4 is 10.2 Å². The van der Waals surface area contributed by atoms with E-state index in [1.807, 2.05) is 11.8 Å². The van der Waals surface area contributed by atoms with Crippen LogP contribution in [0.4, 0.5) is 5.69 Å². The van der Waals surface area contributed by atoms with E-state index in [0.29, 0.717) is 13.0 Å². The third kappa shape index (κ3) is 2.29. The summed E-state index contributed by atoms with van der Waals surface area (Å²) >= 11 is 0. The summed E-state index contributed by atoms with van der Waals surface area (Å²) in [5.74, 6) is -0.149. The Hall–Kier alpha value is -1.89. The predicted molar refractivity (Wildman–Crippen MR) is 73.1 cm³/mol. The number of amides is 2. The zero-order valence-corrected chi connectivity index (χ0v) is 11.5. The van der Waals surface area contributed by atoms with Crippen molar-refractivity contribution in [2.75, 3.05) is 31.1 Å². The molecule has 7 nitrogen and oxygen atoms in total. The molecule has 3 heterocycles. The van der Waals surface area contributed by atoms with Gasteiger partial charge in [-0.2, -0.15) is 5.10 Å². The van der Waals surface area contributed by atoms with Crippen LogP contribution in [-0.4, -0.2) is 59.1 Å². The summed E-state index contributed by atoms with van der Waals surface area (Å²) in [4.78, 5) is 28.2. The summed E-state index contributed by atoms with van der Waals surface area (Å²) in [6.45, 7) is 4.85. The molecule has 2 aliphatic heterocycles. The van der Waals surface area contributed by atoms with Gasteiger partial charge in [-0.1, -0.05) is 0 Å². The summed E-state index contributed by atoms with van der Waals surface area (Å²) in [5.41, 5.74) is 0.735. The summed E-state index contributed by atoms with van der Waals surface area (Å²) in [7, 11) is 0. The lowest BCUT2D eigenvalue weighted by atomic mass is 10.1. The minimum atomic E-state index is -0.238. The van der Waals surface area contributed by atoms with Crippen LogP contribution in [0.15, 0.2) is 12.4 Å². The minimum Gasteiger partial charge on any atom is -0.337 e. The number of piperazine rings is 1. The third-order valence-corrected chi connectivity index (χ3v) is 4.05. The van der Waals surface area contributed by atoms with Gasteiger partial charge in [0.25, 0.3) is 0 Å². The normalized spacial score (nSPS) is 27.1.